The van der Waals surface area contributed by atoms with E-state index in [1.54, 1.807) is 0 Å². The summed E-state index contributed by atoms with van der Waals surface area (Å²) in [6.45, 7) is 7.36. The van der Waals surface area contributed by atoms with E-state index in [1.165, 1.54) is 0 Å². The van der Waals surface area contributed by atoms with Crippen LogP contribution >= 0.6 is 0 Å². The van der Waals surface area contributed by atoms with E-state index in [4.69, 9.17) is 0 Å². The second-order valence-corrected chi connectivity index (χ2v) is 8.05. The number of aryl methyl sites for hydroxylation is 2. The molecule has 1 N–H and O–H groups in total. The SMILES string of the molecule is Cc1cc(C)cc(C(=O)N2CCCC(C(=O)NC3CCN(C)CC3)C2)c1. The molecule has 5 heteroatoms. The van der Waals surface area contributed by atoms with E-state index in [9.17, 15) is 9.59 Å². The summed E-state index contributed by atoms with van der Waals surface area (Å²) in [4.78, 5) is 29.7. The van der Waals surface area contributed by atoms with Crippen LogP contribution in [0.25, 0.3) is 0 Å². The van der Waals surface area contributed by atoms with Gasteiger partial charge in [-0.15, -0.1) is 0 Å². The Morgan fingerprint density at radius 3 is 2.31 bits per heavy atom. The quantitative estimate of drug-likeness (QED) is 0.904. The van der Waals surface area contributed by atoms with Gasteiger partial charge in [-0.05, 0) is 71.8 Å². The predicted molar refractivity (Wildman–Crippen MR) is 103 cm³/mol. The Hall–Kier alpha value is -1.88. The number of likely N-dealkylation sites (tertiary alicyclic amines) is 2. The summed E-state index contributed by atoms with van der Waals surface area (Å²) in [5, 5.41) is 3.22. The Morgan fingerprint density at radius 2 is 1.65 bits per heavy atom. The van der Waals surface area contributed by atoms with Gasteiger partial charge in [0.25, 0.3) is 5.91 Å². The molecular weight excluding hydrogens is 326 g/mol. The highest BCUT2D eigenvalue weighted by molar-refractivity contribution is 5.95. The van der Waals surface area contributed by atoms with Crippen LogP contribution in [0.1, 0.15) is 47.2 Å². The largest absolute Gasteiger partial charge is 0.353 e. The molecule has 1 aromatic carbocycles. The molecular formula is C21H31N3O2. The number of hydrogen-bond donors (Lipinski definition) is 1. The number of piperidine rings is 2. The van der Waals surface area contributed by atoms with Gasteiger partial charge in [-0.1, -0.05) is 17.2 Å². The summed E-state index contributed by atoms with van der Waals surface area (Å²) in [6, 6.07) is 6.24. The molecule has 142 valence electrons. The van der Waals surface area contributed by atoms with Gasteiger partial charge in [-0.3, -0.25) is 9.59 Å². The minimum absolute atomic E-state index is 0.0496. The lowest BCUT2D eigenvalue weighted by atomic mass is 9.95. The standard InChI is InChI=1S/C21H31N3O2/c1-15-11-16(2)13-18(12-15)21(26)24-8-4-5-17(14-24)20(25)22-19-6-9-23(3)10-7-19/h11-13,17,19H,4-10,14H2,1-3H3,(H,22,25). The van der Waals surface area contributed by atoms with Crippen LogP contribution in [0.4, 0.5) is 0 Å². The van der Waals surface area contributed by atoms with Gasteiger partial charge >= 0.3 is 0 Å². The second kappa shape index (κ2) is 8.21. The highest BCUT2D eigenvalue weighted by Gasteiger charge is 2.30. The zero-order chi connectivity index (χ0) is 18.7. The van der Waals surface area contributed by atoms with E-state index >= 15 is 0 Å². The Kier molecular flexibility index (Phi) is 5.97. The molecule has 0 radical (unpaired) electrons. The molecule has 1 unspecified atom stereocenters. The fourth-order valence-corrected chi connectivity index (χ4v) is 4.13. The van der Waals surface area contributed by atoms with Crippen LogP contribution in [0.3, 0.4) is 0 Å². The Balaban J connectivity index is 1.59. The van der Waals surface area contributed by atoms with Gasteiger partial charge in [0.15, 0.2) is 0 Å². The van der Waals surface area contributed by atoms with E-state index in [2.05, 4.69) is 23.3 Å². The number of nitrogens with one attached hydrogen (secondary N) is 1. The van der Waals surface area contributed by atoms with Gasteiger partial charge in [0.1, 0.15) is 0 Å². The summed E-state index contributed by atoms with van der Waals surface area (Å²) in [5.74, 6) is 0.0873. The molecule has 0 aliphatic carbocycles. The Labute approximate surface area is 156 Å². The van der Waals surface area contributed by atoms with Crippen molar-refractivity contribution in [2.45, 2.75) is 45.6 Å². The monoisotopic (exact) mass is 357 g/mol. The van der Waals surface area contributed by atoms with Crippen molar-refractivity contribution in [1.82, 2.24) is 15.1 Å². The first kappa shape index (κ1) is 18.9. The normalized spacial score (nSPS) is 22.3. The highest BCUT2D eigenvalue weighted by atomic mass is 16.2. The fraction of sp³-hybridized carbons (Fsp3) is 0.619. The molecule has 3 rings (SSSR count). The third-order valence-electron chi connectivity index (χ3n) is 5.61. The van der Waals surface area contributed by atoms with Gasteiger partial charge < -0.3 is 15.1 Å². The summed E-state index contributed by atoms with van der Waals surface area (Å²) in [6.07, 6.45) is 3.79. The summed E-state index contributed by atoms with van der Waals surface area (Å²) in [7, 11) is 2.12. The van der Waals surface area contributed by atoms with Crippen LogP contribution in [-0.4, -0.2) is 60.9 Å². The molecule has 2 aliphatic heterocycles. The maximum Gasteiger partial charge on any atom is 0.253 e. The summed E-state index contributed by atoms with van der Waals surface area (Å²) >= 11 is 0. The molecule has 1 atom stereocenters. The van der Waals surface area contributed by atoms with Gasteiger partial charge in [0.05, 0.1) is 5.92 Å². The van der Waals surface area contributed by atoms with E-state index in [-0.39, 0.29) is 23.8 Å². The molecule has 2 saturated heterocycles. The van der Waals surface area contributed by atoms with Gasteiger partial charge in [-0.25, -0.2) is 0 Å². The minimum atomic E-state index is -0.0849. The fourth-order valence-electron chi connectivity index (χ4n) is 4.13. The van der Waals surface area contributed by atoms with Crippen molar-refractivity contribution < 1.29 is 9.59 Å². The van der Waals surface area contributed by atoms with Crippen LogP contribution in [0.2, 0.25) is 0 Å². The smallest absolute Gasteiger partial charge is 0.253 e. The molecule has 0 bridgehead atoms. The first-order valence-corrected chi connectivity index (χ1v) is 9.79. The number of amides is 2. The molecule has 2 heterocycles. The zero-order valence-electron chi connectivity index (χ0n) is 16.3. The molecule has 26 heavy (non-hydrogen) atoms. The first-order chi connectivity index (χ1) is 12.4. The van der Waals surface area contributed by atoms with Gasteiger partial charge in [-0.2, -0.15) is 0 Å². The number of carbonyl (C=O) groups excluding carboxylic acids is 2. The average Bonchev–Trinajstić information content (AvgIpc) is 2.62. The van der Waals surface area contributed by atoms with Crippen molar-refractivity contribution in [3.8, 4) is 0 Å². The first-order valence-electron chi connectivity index (χ1n) is 9.79. The lowest BCUT2D eigenvalue weighted by molar-refractivity contribution is -0.127. The lowest BCUT2D eigenvalue weighted by Gasteiger charge is -2.34. The lowest BCUT2D eigenvalue weighted by Crippen LogP contribution is -2.49. The second-order valence-electron chi connectivity index (χ2n) is 8.05. The maximum atomic E-state index is 12.9. The van der Waals surface area contributed by atoms with Crippen LogP contribution in [-0.2, 0) is 4.79 Å². The zero-order valence-corrected chi connectivity index (χ0v) is 16.3. The summed E-state index contributed by atoms with van der Waals surface area (Å²) in [5.41, 5.74) is 2.93. The molecule has 5 nitrogen and oxygen atoms in total. The van der Waals surface area contributed by atoms with E-state index in [0.717, 1.165) is 62.0 Å². The Morgan fingerprint density at radius 1 is 1.00 bits per heavy atom. The molecule has 2 aliphatic rings. The molecule has 2 amide bonds. The van der Waals surface area contributed by atoms with E-state index in [1.807, 2.05) is 30.9 Å². The number of rotatable bonds is 3. The molecule has 0 saturated carbocycles. The number of benzene rings is 1. The number of hydrogen-bond acceptors (Lipinski definition) is 3. The highest BCUT2D eigenvalue weighted by Crippen LogP contribution is 2.21. The molecule has 0 spiro atoms. The third-order valence-corrected chi connectivity index (χ3v) is 5.61. The number of carbonyl (C=O) groups is 2. The predicted octanol–water partition coefficient (Wildman–Crippen LogP) is 2.37. The average molecular weight is 357 g/mol. The van der Waals surface area contributed by atoms with Crippen molar-refractivity contribution in [2.24, 2.45) is 5.92 Å². The van der Waals surface area contributed by atoms with Crippen molar-refractivity contribution in [3.05, 3.63) is 34.9 Å². The van der Waals surface area contributed by atoms with Crippen LogP contribution in [0.5, 0.6) is 0 Å². The van der Waals surface area contributed by atoms with Crippen LogP contribution in [0.15, 0.2) is 18.2 Å². The van der Waals surface area contributed by atoms with E-state index in [0.29, 0.717) is 6.54 Å². The van der Waals surface area contributed by atoms with Crippen molar-refractivity contribution in [3.63, 3.8) is 0 Å². The summed E-state index contributed by atoms with van der Waals surface area (Å²) < 4.78 is 0. The minimum Gasteiger partial charge on any atom is -0.353 e. The van der Waals surface area contributed by atoms with Crippen molar-refractivity contribution in [1.29, 1.82) is 0 Å². The molecule has 0 aromatic heterocycles. The van der Waals surface area contributed by atoms with Gasteiger partial charge in [0, 0.05) is 24.7 Å². The van der Waals surface area contributed by atoms with Crippen LogP contribution < -0.4 is 5.32 Å². The molecule has 2 fully saturated rings. The van der Waals surface area contributed by atoms with Crippen LogP contribution in [0, 0.1) is 19.8 Å². The molecule has 1 aromatic rings. The third kappa shape index (κ3) is 4.64. The number of nitrogens with zero attached hydrogens (tertiary/aromatic N) is 2. The maximum absolute atomic E-state index is 12.9. The van der Waals surface area contributed by atoms with Gasteiger partial charge in [0.2, 0.25) is 5.91 Å². The topological polar surface area (TPSA) is 52.7 Å². The Bertz CT molecular complexity index is 645. The van der Waals surface area contributed by atoms with Crippen molar-refractivity contribution >= 4 is 11.8 Å². The van der Waals surface area contributed by atoms with Crippen molar-refractivity contribution in [2.75, 3.05) is 33.2 Å². The van der Waals surface area contributed by atoms with E-state index < -0.39 is 0 Å².